The molecule has 0 aliphatic heterocycles. The molecule has 2 bridgehead atoms. The summed E-state index contributed by atoms with van der Waals surface area (Å²) in [6, 6.07) is 5.16. The van der Waals surface area contributed by atoms with E-state index in [1.807, 2.05) is 0 Å². The third-order valence-electron chi connectivity index (χ3n) is 7.47. The minimum atomic E-state index is -1.08. The minimum absolute atomic E-state index is 0.123. The van der Waals surface area contributed by atoms with Gasteiger partial charge < -0.3 is 15.3 Å². The quantitative estimate of drug-likeness (QED) is 0.708. The first-order valence-electron chi connectivity index (χ1n) is 11.0. The van der Waals surface area contributed by atoms with Gasteiger partial charge in [-0.25, -0.2) is 4.98 Å². The molecule has 2 N–H and O–H groups in total. The van der Waals surface area contributed by atoms with E-state index in [0.717, 1.165) is 12.3 Å². The molecule has 31 heavy (non-hydrogen) atoms. The lowest BCUT2D eigenvalue weighted by atomic mass is 9.45. The van der Waals surface area contributed by atoms with Crippen LogP contribution in [-0.2, 0) is 4.79 Å². The van der Waals surface area contributed by atoms with Gasteiger partial charge in [0.15, 0.2) is 0 Å². The van der Waals surface area contributed by atoms with E-state index in [-0.39, 0.29) is 18.1 Å². The number of aliphatic carboxylic acids is 1. The van der Waals surface area contributed by atoms with Gasteiger partial charge in [-0.2, -0.15) is 0 Å². The Kier molecular flexibility index (Phi) is 5.49. The van der Waals surface area contributed by atoms with Crippen LogP contribution in [0.5, 0.6) is 0 Å². The van der Waals surface area contributed by atoms with Crippen LogP contribution in [0.2, 0.25) is 0 Å². The Hall–Kier alpha value is -2.90. The average molecular weight is 427 g/mol. The van der Waals surface area contributed by atoms with Crippen molar-refractivity contribution < 1.29 is 19.5 Å². The molecule has 5 rings (SSSR count). The molecule has 0 saturated heterocycles. The number of aromatic nitrogens is 2. The van der Waals surface area contributed by atoms with Crippen LogP contribution in [0, 0.1) is 23.2 Å². The average Bonchev–Trinajstić information content (AvgIpc) is 3.19. The highest BCUT2D eigenvalue weighted by atomic mass is 16.4. The van der Waals surface area contributed by atoms with E-state index < -0.39 is 18.4 Å². The number of carboxylic acid groups (broad SMARTS) is 1. The zero-order valence-corrected chi connectivity index (χ0v) is 18.3. The van der Waals surface area contributed by atoms with E-state index in [1.54, 1.807) is 29.5 Å². The van der Waals surface area contributed by atoms with Gasteiger partial charge in [0.2, 0.25) is 0 Å². The van der Waals surface area contributed by atoms with Crippen LogP contribution >= 0.6 is 0 Å². The van der Waals surface area contributed by atoms with Crippen molar-refractivity contribution in [2.24, 2.45) is 23.2 Å². The molecule has 0 aromatic carbocycles. The van der Waals surface area contributed by atoms with Gasteiger partial charge in [-0.15, -0.1) is 0 Å². The molecule has 0 spiro atoms. The number of rotatable bonds is 7. The maximum absolute atomic E-state index is 13.0. The summed E-state index contributed by atoms with van der Waals surface area (Å²) in [6.07, 6.45) is 5.16. The van der Waals surface area contributed by atoms with E-state index in [9.17, 15) is 14.4 Å². The SMILES string of the molecule is CCN(CC(=O)O)C(=O)c1cn2c(C(=O)NC[C@@H]3CC[C@H]4C[C@@H]3C4(C)C)cccc2n1. The van der Waals surface area contributed by atoms with E-state index in [0.29, 0.717) is 35.1 Å². The molecule has 2 amide bonds. The Morgan fingerprint density at radius 3 is 2.71 bits per heavy atom. The third kappa shape index (κ3) is 3.79. The Balaban J connectivity index is 1.49. The maximum atomic E-state index is 13.0. The second kappa shape index (κ2) is 7.98. The van der Waals surface area contributed by atoms with E-state index in [1.165, 1.54) is 23.9 Å². The highest BCUT2D eigenvalue weighted by molar-refractivity contribution is 5.96. The fourth-order valence-corrected chi connectivity index (χ4v) is 5.47. The number of likely N-dealkylation sites (N-methyl/N-ethyl adjacent to an activating group) is 1. The topological polar surface area (TPSA) is 104 Å². The van der Waals surface area contributed by atoms with Crippen LogP contribution in [0.4, 0.5) is 0 Å². The Morgan fingerprint density at radius 2 is 2.06 bits per heavy atom. The molecular weight excluding hydrogens is 396 g/mol. The van der Waals surface area contributed by atoms with E-state index >= 15 is 0 Å². The molecule has 3 fully saturated rings. The molecule has 2 heterocycles. The first-order chi connectivity index (χ1) is 14.7. The van der Waals surface area contributed by atoms with Crippen molar-refractivity contribution >= 4 is 23.4 Å². The summed E-state index contributed by atoms with van der Waals surface area (Å²) in [5, 5.41) is 12.1. The predicted molar refractivity (Wildman–Crippen MR) is 115 cm³/mol. The molecule has 3 aliphatic carbocycles. The van der Waals surface area contributed by atoms with Crippen molar-refractivity contribution in [3.05, 3.63) is 35.8 Å². The van der Waals surface area contributed by atoms with Gasteiger partial charge in [0, 0.05) is 19.3 Å². The number of imidazole rings is 1. The zero-order chi connectivity index (χ0) is 22.3. The summed E-state index contributed by atoms with van der Waals surface area (Å²) in [6.45, 7) is 6.91. The van der Waals surface area contributed by atoms with Crippen LogP contribution in [0.3, 0.4) is 0 Å². The fraction of sp³-hybridized carbons (Fsp3) is 0.565. The standard InChI is InChI=1S/C23H30N4O4/c1-4-26(13-20(28)29)22(31)17-12-27-18(6-5-7-19(27)25-17)21(30)24-11-14-8-9-15-10-16(14)23(15,2)3/h5-7,12,14-16H,4,8-11,13H2,1-3H3,(H,24,30)(H,28,29)/t14-,15-,16-/m0/s1. The van der Waals surface area contributed by atoms with Gasteiger partial charge >= 0.3 is 5.97 Å². The van der Waals surface area contributed by atoms with Crippen LogP contribution in [0.25, 0.3) is 5.65 Å². The number of nitrogens with one attached hydrogen (secondary N) is 1. The molecule has 0 radical (unpaired) electrons. The Bertz CT molecular complexity index is 1030. The van der Waals surface area contributed by atoms with Crippen molar-refractivity contribution in [3.8, 4) is 0 Å². The van der Waals surface area contributed by atoms with Crippen molar-refractivity contribution in [1.82, 2.24) is 19.6 Å². The first kappa shape index (κ1) is 21.3. The monoisotopic (exact) mass is 426 g/mol. The normalized spacial score (nSPS) is 23.8. The van der Waals surface area contributed by atoms with Gasteiger partial charge in [-0.05, 0) is 61.5 Å². The first-order valence-corrected chi connectivity index (χ1v) is 11.0. The number of carbonyl (C=O) groups excluding carboxylic acids is 2. The van der Waals surface area contributed by atoms with Gasteiger partial charge in [0.05, 0.1) is 0 Å². The number of nitrogens with zero attached hydrogens (tertiary/aromatic N) is 3. The van der Waals surface area contributed by atoms with E-state index in [2.05, 4.69) is 24.1 Å². The number of carboxylic acids is 1. The van der Waals surface area contributed by atoms with Crippen LogP contribution < -0.4 is 5.32 Å². The number of hydrogen-bond donors (Lipinski definition) is 2. The molecule has 0 unspecified atom stereocenters. The zero-order valence-electron chi connectivity index (χ0n) is 18.3. The molecule has 3 aliphatic rings. The molecule has 8 heteroatoms. The van der Waals surface area contributed by atoms with Crippen LogP contribution in [0.1, 0.15) is 61.0 Å². The largest absolute Gasteiger partial charge is 0.480 e. The highest BCUT2D eigenvalue weighted by Gasteiger charge is 2.53. The van der Waals surface area contributed by atoms with Gasteiger partial charge in [-0.3, -0.25) is 18.8 Å². The number of pyridine rings is 1. The lowest BCUT2D eigenvalue weighted by Gasteiger charge is -2.60. The number of amides is 2. The van der Waals surface area contributed by atoms with Crippen LogP contribution in [-0.4, -0.2) is 56.8 Å². The van der Waals surface area contributed by atoms with E-state index in [4.69, 9.17) is 5.11 Å². The summed E-state index contributed by atoms with van der Waals surface area (Å²) in [7, 11) is 0. The summed E-state index contributed by atoms with van der Waals surface area (Å²) in [5.74, 6) is 0.237. The van der Waals surface area contributed by atoms with Crippen molar-refractivity contribution in [2.45, 2.75) is 40.0 Å². The molecule has 166 valence electrons. The van der Waals surface area contributed by atoms with Crippen LogP contribution in [0.15, 0.2) is 24.4 Å². The summed E-state index contributed by atoms with van der Waals surface area (Å²) in [4.78, 5) is 42.2. The Morgan fingerprint density at radius 1 is 1.29 bits per heavy atom. The minimum Gasteiger partial charge on any atom is -0.480 e. The Labute approximate surface area is 181 Å². The second-order valence-electron chi connectivity index (χ2n) is 9.39. The van der Waals surface area contributed by atoms with Crippen molar-refractivity contribution in [1.29, 1.82) is 0 Å². The summed E-state index contributed by atoms with van der Waals surface area (Å²) < 4.78 is 1.60. The lowest BCUT2D eigenvalue weighted by Crippen LogP contribution is -2.54. The lowest BCUT2D eigenvalue weighted by molar-refractivity contribution is -0.137. The molecule has 3 saturated carbocycles. The smallest absolute Gasteiger partial charge is 0.323 e. The number of fused-ring (bicyclic) bond motifs is 3. The number of carbonyl (C=O) groups is 3. The second-order valence-corrected chi connectivity index (χ2v) is 9.39. The molecule has 3 atom stereocenters. The third-order valence-corrected chi connectivity index (χ3v) is 7.47. The maximum Gasteiger partial charge on any atom is 0.323 e. The van der Waals surface area contributed by atoms with Crippen molar-refractivity contribution in [2.75, 3.05) is 19.6 Å². The molecule has 2 aromatic heterocycles. The fourth-order valence-electron chi connectivity index (χ4n) is 5.47. The predicted octanol–water partition coefficient (Wildman–Crippen LogP) is 2.68. The van der Waals surface area contributed by atoms with Gasteiger partial charge in [-0.1, -0.05) is 19.9 Å². The molecule has 8 nitrogen and oxygen atoms in total. The highest BCUT2D eigenvalue weighted by Crippen LogP contribution is 2.61. The van der Waals surface area contributed by atoms with Gasteiger partial charge in [0.25, 0.3) is 11.8 Å². The van der Waals surface area contributed by atoms with Gasteiger partial charge in [0.1, 0.15) is 23.6 Å². The summed E-state index contributed by atoms with van der Waals surface area (Å²) in [5.41, 5.74) is 1.38. The molecule has 2 aromatic rings. The molecular formula is C23H30N4O4. The number of hydrogen-bond acceptors (Lipinski definition) is 4. The summed E-state index contributed by atoms with van der Waals surface area (Å²) >= 11 is 0. The van der Waals surface area contributed by atoms with Crippen molar-refractivity contribution in [3.63, 3.8) is 0 Å².